The van der Waals surface area contributed by atoms with Crippen LogP contribution in [0.15, 0.2) is 0 Å². The van der Waals surface area contributed by atoms with E-state index in [-0.39, 0.29) is 6.10 Å². The Labute approximate surface area is 61.2 Å². The zero-order valence-electron chi connectivity index (χ0n) is 6.18. The molecule has 2 heteroatoms. The summed E-state index contributed by atoms with van der Waals surface area (Å²) >= 11 is 0. The van der Waals surface area contributed by atoms with Gasteiger partial charge in [-0.1, -0.05) is 0 Å². The molecule has 10 heavy (non-hydrogen) atoms. The van der Waals surface area contributed by atoms with Crippen LogP contribution in [0.25, 0.3) is 0 Å². The van der Waals surface area contributed by atoms with Crippen LogP contribution >= 0.6 is 0 Å². The molecule has 0 aromatic carbocycles. The fourth-order valence-corrected chi connectivity index (χ4v) is 2.15. The molecule has 2 nitrogen and oxygen atoms in total. The second kappa shape index (κ2) is 2.21. The van der Waals surface area contributed by atoms with Crippen LogP contribution in [0.4, 0.5) is 0 Å². The molecule has 2 aliphatic rings. The predicted molar refractivity (Wildman–Crippen MR) is 37.7 cm³/mol. The molecule has 1 saturated heterocycles. The lowest BCUT2D eigenvalue weighted by Crippen LogP contribution is -2.44. The molecule has 0 aromatic heterocycles. The summed E-state index contributed by atoms with van der Waals surface area (Å²) in [5.74, 6) is 0. The Kier molecular flexibility index (Phi) is 1.46. The van der Waals surface area contributed by atoms with E-state index in [1.165, 1.54) is 12.8 Å². The average Bonchev–Trinajstić information content (AvgIpc) is 1.87. The minimum Gasteiger partial charge on any atom is -0.393 e. The molecule has 1 spiro atoms. The average molecular weight is 142 g/mol. The molecular weight excluding hydrogens is 128 g/mol. The topological polar surface area (TPSA) is 29.5 Å². The van der Waals surface area contributed by atoms with Crippen molar-refractivity contribution in [3.63, 3.8) is 0 Å². The van der Waals surface area contributed by atoms with Gasteiger partial charge in [-0.15, -0.1) is 0 Å². The van der Waals surface area contributed by atoms with Gasteiger partial charge in [-0.2, -0.15) is 0 Å². The first-order valence-electron chi connectivity index (χ1n) is 4.07. The van der Waals surface area contributed by atoms with Gasteiger partial charge in [0.1, 0.15) is 0 Å². The molecule has 1 aliphatic heterocycles. The molecule has 0 amide bonds. The first-order valence-corrected chi connectivity index (χ1v) is 4.07. The predicted octanol–water partition coefficient (Wildman–Crippen LogP) is 0.938. The quantitative estimate of drug-likeness (QED) is 0.545. The van der Waals surface area contributed by atoms with E-state index < -0.39 is 0 Å². The van der Waals surface area contributed by atoms with Gasteiger partial charge in [0, 0.05) is 13.2 Å². The van der Waals surface area contributed by atoms with Gasteiger partial charge >= 0.3 is 0 Å². The van der Waals surface area contributed by atoms with Gasteiger partial charge in [0.25, 0.3) is 0 Å². The van der Waals surface area contributed by atoms with Crippen LogP contribution < -0.4 is 0 Å². The SMILES string of the molecule is OC1CC2(CCOCC2)C1. The summed E-state index contributed by atoms with van der Waals surface area (Å²) in [6.07, 6.45) is 4.39. The Balaban J connectivity index is 1.90. The lowest BCUT2D eigenvalue weighted by molar-refractivity contribution is -0.0953. The number of aliphatic hydroxyl groups excluding tert-OH is 1. The standard InChI is InChI=1S/C8H14O2/c9-7-5-8(6-7)1-3-10-4-2-8/h7,9H,1-6H2. The van der Waals surface area contributed by atoms with E-state index in [0.717, 1.165) is 26.1 Å². The van der Waals surface area contributed by atoms with E-state index in [4.69, 9.17) is 9.84 Å². The second-order valence-corrected chi connectivity index (χ2v) is 3.67. The van der Waals surface area contributed by atoms with Crippen LogP contribution in [0.3, 0.4) is 0 Å². The van der Waals surface area contributed by atoms with Gasteiger partial charge in [-0.05, 0) is 31.1 Å². The maximum Gasteiger partial charge on any atom is 0.0551 e. The minimum atomic E-state index is -0.00176. The fraction of sp³-hybridized carbons (Fsp3) is 1.00. The largest absolute Gasteiger partial charge is 0.393 e. The third kappa shape index (κ3) is 0.956. The normalized spacial score (nSPS) is 32.1. The number of rotatable bonds is 0. The van der Waals surface area contributed by atoms with E-state index in [9.17, 15) is 0 Å². The highest BCUT2D eigenvalue weighted by molar-refractivity contribution is 4.94. The van der Waals surface area contributed by atoms with E-state index in [1.54, 1.807) is 0 Å². The van der Waals surface area contributed by atoms with Gasteiger partial charge in [-0.25, -0.2) is 0 Å². The lowest BCUT2D eigenvalue weighted by atomic mass is 9.62. The van der Waals surface area contributed by atoms with Gasteiger partial charge < -0.3 is 9.84 Å². The Morgan fingerprint density at radius 1 is 1.20 bits per heavy atom. The van der Waals surface area contributed by atoms with Crippen LogP contribution in [0.2, 0.25) is 0 Å². The third-order valence-corrected chi connectivity index (χ3v) is 2.89. The van der Waals surface area contributed by atoms with Crippen molar-refractivity contribution in [2.45, 2.75) is 31.8 Å². The summed E-state index contributed by atoms with van der Waals surface area (Å²) in [5, 5.41) is 9.12. The number of aliphatic hydroxyl groups is 1. The Morgan fingerprint density at radius 2 is 1.80 bits per heavy atom. The van der Waals surface area contributed by atoms with Gasteiger partial charge in [0.15, 0.2) is 0 Å². The maximum atomic E-state index is 9.12. The molecule has 1 aliphatic carbocycles. The molecule has 0 aromatic rings. The zero-order valence-corrected chi connectivity index (χ0v) is 6.18. The monoisotopic (exact) mass is 142 g/mol. The van der Waals surface area contributed by atoms with E-state index >= 15 is 0 Å². The van der Waals surface area contributed by atoms with Gasteiger partial charge in [0.2, 0.25) is 0 Å². The first kappa shape index (κ1) is 6.62. The highest BCUT2D eigenvalue weighted by atomic mass is 16.5. The van der Waals surface area contributed by atoms with Crippen molar-refractivity contribution in [1.29, 1.82) is 0 Å². The van der Waals surface area contributed by atoms with Crippen molar-refractivity contribution in [2.24, 2.45) is 5.41 Å². The van der Waals surface area contributed by atoms with Gasteiger partial charge in [0.05, 0.1) is 6.10 Å². The smallest absolute Gasteiger partial charge is 0.0551 e. The van der Waals surface area contributed by atoms with Crippen molar-refractivity contribution in [1.82, 2.24) is 0 Å². The highest BCUT2D eigenvalue weighted by Gasteiger charge is 2.43. The number of hydrogen-bond donors (Lipinski definition) is 1. The summed E-state index contributed by atoms with van der Waals surface area (Å²) in [4.78, 5) is 0. The Hall–Kier alpha value is -0.0800. The zero-order chi connectivity index (χ0) is 7.03. The molecule has 0 radical (unpaired) electrons. The van der Waals surface area contributed by atoms with Crippen molar-refractivity contribution < 1.29 is 9.84 Å². The molecule has 58 valence electrons. The Morgan fingerprint density at radius 3 is 2.30 bits per heavy atom. The fourth-order valence-electron chi connectivity index (χ4n) is 2.15. The maximum absolute atomic E-state index is 9.12. The molecule has 0 unspecified atom stereocenters. The molecular formula is C8H14O2. The molecule has 0 atom stereocenters. The summed E-state index contributed by atoms with van der Waals surface area (Å²) in [6, 6.07) is 0. The summed E-state index contributed by atoms with van der Waals surface area (Å²) in [5.41, 5.74) is 0.498. The highest BCUT2D eigenvalue weighted by Crippen LogP contribution is 2.48. The lowest BCUT2D eigenvalue weighted by Gasteiger charge is -2.47. The summed E-state index contributed by atoms with van der Waals surface area (Å²) in [6.45, 7) is 1.82. The first-order chi connectivity index (χ1) is 4.81. The van der Waals surface area contributed by atoms with E-state index in [1.807, 2.05) is 0 Å². The molecule has 1 heterocycles. The molecule has 0 bridgehead atoms. The van der Waals surface area contributed by atoms with Gasteiger partial charge in [-0.3, -0.25) is 0 Å². The van der Waals surface area contributed by atoms with Crippen molar-refractivity contribution >= 4 is 0 Å². The number of ether oxygens (including phenoxy) is 1. The number of hydrogen-bond acceptors (Lipinski definition) is 2. The van der Waals surface area contributed by atoms with Crippen LogP contribution in [0, 0.1) is 5.41 Å². The van der Waals surface area contributed by atoms with Crippen LogP contribution in [-0.2, 0) is 4.74 Å². The second-order valence-electron chi connectivity index (χ2n) is 3.67. The molecule has 1 N–H and O–H groups in total. The summed E-state index contributed by atoms with van der Waals surface area (Å²) in [7, 11) is 0. The van der Waals surface area contributed by atoms with Crippen molar-refractivity contribution in [3.05, 3.63) is 0 Å². The van der Waals surface area contributed by atoms with E-state index in [0.29, 0.717) is 5.41 Å². The van der Waals surface area contributed by atoms with Crippen LogP contribution in [-0.4, -0.2) is 24.4 Å². The van der Waals surface area contributed by atoms with E-state index in [2.05, 4.69) is 0 Å². The van der Waals surface area contributed by atoms with Crippen molar-refractivity contribution in [2.75, 3.05) is 13.2 Å². The molecule has 2 fully saturated rings. The Bertz CT molecular complexity index is 112. The van der Waals surface area contributed by atoms with Crippen molar-refractivity contribution in [3.8, 4) is 0 Å². The minimum absolute atomic E-state index is 0.00176. The van der Waals surface area contributed by atoms with Crippen LogP contribution in [0.5, 0.6) is 0 Å². The molecule has 1 saturated carbocycles. The molecule has 2 rings (SSSR count). The third-order valence-electron chi connectivity index (χ3n) is 2.89. The van der Waals surface area contributed by atoms with Crippen LogP contribution in [0.1, 0.15) is 25.7 Å². The summed E-state index contributed by atoms with van der Waals surface area (Å²) < 4.78 is 5.25.